The minimum absolute atomic E-state index is 0.0422. The first-order valence-electron chi connectivity index (χ1n) is 6.30. The summed E-state index contributed by atoms with van der Waals surface area (Å²) in [7, 11) is 0. The number of ketones is 1. The van der Waals surface area contributed by atoms with Crippen molar-refractivity contribution in [2.45, 2.75) is 12.8 Å². The van der Waals surface area contributed by atoms with Gasteiger partial charge in [0, 0.05) is 16.5 Å². The molecular formula is C17H10N2O. The Morgan fingerprint density at radius 3 is 2.10 bits per heavy atom. The summed E-state index contributed by atoms with van der Waals surface area (Å²) < 4.78 is 0. The van der Waals surface area contributed by atoms with Crippen LogP contribution in [0.5, 0.6) is 0 Å². The molecule has 0 N–H and O–H groups in total. The van der Waals surface area contributed by atoms with Crippen LogP contribution < -0.4 is 0 Å². The second-order valence-corrected chi connectivity index (χ2v) is 4.67. The second kappa shape index (κ2) is 4.64. The number of benzene rings is 2. The van der Waals surface area contributed by atoms with Gasteiger partial charge in [0.2, 0.25) is 0 Å². The molecule has 0 amide bonds. The number of rotatable bonds is 2. The Kier molecular flexibility index (Phi) is 2.82. The third-order valence-electron chi connectivity index (χ3n) is 3.62. The summed E-state index contributed by atoms with van der Waals surface area (Å²) >= 11 is 0. The fraction of sp³-hybridized carbons (Fsp3) is 0.118. The number of hydrogen-bond donors (Lipinski definition) is 0. The van der Waals surface area contributed by atoms with Gasteiger partial charge in [0.15, 0.2) is 5.78 Å². The Morgan fingerprint density at radius 1 is 0.850 bits per heavy atom. The van der Waals surface area contributed by atoms with Crippen molar-refractivity contribution in [3.63, 3.8) is 0 Å². The molecule has 2 aromatic carbocycles. The predicted octanol–water partition coefficient (Wildman–Crippen LogP) is 3.62. The van der Waals surface area contributed by atoms with Gasteiger partial charge in [0.05, 0.1) is 25.0 Å². The molecule has 0 spiro atoms. The smallest absolute Gasteiger partial charge is 0.191 e. The van der Waals surface area contributed by atoms with E-state index in [0.717, 1.165) is 16.3 Å². The third kappa shape index (κ3) is 1.61. The lowest BCUT2D eigenvalue weighted by molar-refractivity contribution is 0.103. The minimum Gasteiger partial charge on any atom is -0.289 e. The molecule has 0 saturated heterocycles. The number of carbonyl (C=O) groups is 1. The standard InChI is InChI=1S/C17H10N2O/c18-9-7-12-13-5-1-3-11-4-2-6-15(16(11)13)17(20)14(12)8-10-19/h1-6H,7-8H2. The van der Waals surface area contributed by atoms with Crippen LogP contribution in [0.1, 0.15) is 28.8 Å². The van der Waals surface area contributed by atoms with E-state index in [1.165, 1.54) is 0 Å². The van der Waals surface area contributed by atoms with E-state index < -0.39 is 0 Å². The van der Waals surface area contributed by atoms with Crippen LogP contribution in [0.3, 0.4) is 0 Å². The monoisotopic (exact) mass is 258 g/mol. The van der Waals surface area contributed by atoms with Gasteiger partial charge in [-0.1, -0.05) is 36.4 Å². The normalized spacial score (nSPS) is 13.2. The Bertz CT molecular complexity index is 842. The highest BCUT2D eigenvalue weighted by Crippen LogP contribution is 2.38. The van der Waals surface area contributed by atoms with Gasteiger partial charge in [-0.25, -0.2) is 0 Å². The van der Waals surface area contributed by atoms with Crippen molar-refractivity contribution in [3.05, 3.63) is 53.1 Å². The highest BCUT2D eigenvalue weighted by atomic mass is 16.1. The average molecular weight is 258 g/mol. The lowest BCUT2D eigenvalue weighted by Gasteiger charge is -2.20. The van der Waals surface area contributed by atoms with E-state index in [0.29, 0.717) is 16.7 Å². The van der Waals surface area contributed by atoms with Crippen molar-refractivity contribution >= 4 is 22.1 Å². The number of nitriles is 2. The number of hydrogen-bond acceptors (Lipinski definition) is 3. The van der Waals surface area contributed by atoms with Crippen LogP contribution in [-0.2, 0) is 0 Å². The Hall–Kier alpha value is -2.91. The van der Waals surface area contributed by atoms with Crippen molar-refractivity contribution in [1.29, 1.82) is 10.5 Å². The molecule has 0 atom stereocenters. The summed E-state index contributed by atoms with van der Waals surface area (Å²) in [6, 6.07) is 15.5. The highest BCUT2D eigenvalue weighted by molar-refractivity contribution is 6.25. The van der Waals surface area contributed by atoms with E-state index in [4.69, 9.17) is 10.5 Å². The maximum absolute atomic E-state index is 12.6. The SMILES string of the molecule is N#CCC1=C(CC#N)c2cccc3cccc(c23)C1=O. The quantitative estimate of drug-likeness (QED) is 0.826. The maximum atomic E-state index is 12.6. The fourth-order valence-electron chi connectivity index (χ4n) is 2.79. The molecule has 3 nitrogen and oxygen atoms in total. The molecular weight excluding hydrogens is 248 g/mol. The first-order valence-corrected chi connectivity index (χ1v) is 6.30. The first kappa shape index (κ1) is 12.1. The predicted molar refractivity (Wildman–Crippen MR) is 75.7 cm³/mol. The molecule has 0 aliphatic heterocycles. The van der Waals surface area contributed by atoms with E-state index in [-0.39, 0.29) is 18.6 Å². The molecule has 0 saturated carbocycles. The first-order chi connectivity index (χ1) is 9.77. The van der Waals surface area contributed by atoms with Gasteiger partial charge in [-0.3, -0.25) is 4.79 Å². The zero-order valence-electron chi connectivity index (χ0n) is 10.7. The van der Waals surface area contributed by atoms with Crippen molar-refractivity contribution in [3.8, 4) is 12.1 Å². The van der Waals surface area contributed by atoms with E-state index in [2.05, 4.69) is 6.07 Å². The van der Waals surface area contributed by atoms with E-state index in [9.17, 15) is 4.79 Å². The van der Waals surface area contributed by atoms with E-state index in [1.54, 1.807) is 6.07 Å². The van der Waals surface area contributed by atoms with Crippen LogP contribution in [0.2, 0.25) is 0 Å². The van der Waals surface area contributed by atoms with Crippen LogP contribution in [0.15, 0.2) is 42.0 Å². The van der Waals surface area contributed by atoms with Gasteiger partial charge in [0.25, 0.3) is 0 Å². The molecule has 94 valence electrons. The summed E-state index contributed by atoms with van der Waals surface area (Å²) in [6.07, 6.45) is 0.191. The maximum Gasteiger partial charge on any atom is 0.191 e. The topological polar surface area (TPSA) is 64.7 Å². The highest BCUT2D eigenvalue weighted by Gasteiger charge is 2.26. The Morgan fingerprint density at radius 2 is 1.45 bits per heavy atom. The van der Waals surface area contributed by atoms with Gasteiger partial charge in [0.1, 0.15) is 0 Å². The van der Waals surface area contributed by atoms with Crippen LogP contribution in [0, 0.1) is 22.7 Å². The molecule has 1 aliphatic carbocycles. The van der Waals surface area contributed by atoms with Crippen LogP contribution in [-0.4, -0.2) is 5.78 Å². The lowest BCUT2D eigenvalue weighted by atomic mass is 9.81. The minimum atomic E-state index is -0.124. The van der Waals surface area contributed by atoms with Gasteiger partial charge in [-0.15, -0.1) is 0 Å². The Balaban J connectivity index is 2.42. The fourth-order valence-corrected chi connectivity index (χ4v) is 2.79. The van der Waals surface area contributed by atoms with Crippen LogP contribution in [0.4, 0.5) is 0 Å². The number of nitrogens with zero attached hydrogens (tertiary/aromatic N) is 2. The third-order valence-corrected chi connectivity index (χ3v) is 3.62. The molecule has 0 aromatic heterocycles. The van der Waals surface area contributed by atoms with Crippen molar-refractivity contribution in [2.24, 2.45) is 0 Å². The lowest BCUT2D eigenvalue weighted by Crippen LogP contribution is -2.12. The van der Waals surface area contributed by atoms with Crippen LogP contribution >= 0.6 is 0 Å². The van der Waals surface area contributed by atoms with Gasteiger partial charge in [-0.2, -0.15) is 10.5 Å². The zero-order chi connectivity index (χ0) is 14.1. The van der Waals surface area contributed by atoms with Crippen molar-refractivity contribution in [1.82, 2.24) is 0 Å². The number of Topliss-reactive ketones (excluding diaryl/α,β-unsaturated/α-hetero) is 1. The summed E-state index contributed by atoms with van der Waals surface area (Å²) in [6.45, 7) is 0. The molecule has 20 heavy (non-hydrogen) atoms. The van der Waals surface area contributed by atoms with Crippen molar-refractivity contribution < 1.29 is 4.79 Å². The van der Waals surface area contributed by atoms with E-state index >= 15 is 0 Å². The molecule has 0 radical (unpaired) electrons. The molecule has 2 aromatic rings. The molecule has 0 heterocycles. The molecule has 0 fully saturated rings. The summed E-state index contributed by atoms with van der Waals surface area (Å²) in [5.74, 6) is -0.124. The van der Waals surface area contributed by atoms with Crippen LogP contribution in [0.25, 0.3) is 16.3 Å². The summed E-state index contributed by atoms with van der Waals surface area (Å²) in [5.41, 5.74) is 2.69. The zero-order valence-corrected chi connectivity index (χ0v) is 10.7. The van der Waals surface area contributed by atoms with E-state index in [1.807, 2.05) is 36.4 Å². The van der Waals surface area contributed by atoms with Gasteiger partial charge >= 0.3 is 0 Å². The van der Waals surface area contributed by atoms with Crippen molar-refractivity contribution in [2.75, 3.05) is 0 Å². The molecule has 3 rings (SSSR count). The largest absolute Gasteiger partial charge is 0.289 e. The summed E-state index contributed by atoms with van der Waals surface area (Å²) in [4.78, 5) is 12.6. The molecule has 3 heteroatoms. The molecule has 0 bridgehead atoms. The molecule has 0 unspecified atom stereocenters. The average Bonchev–Trinajstić information content (AvgIpc) is 2.48. The second-order valence-electron chi connectivity index (χ2n) is 4.67. The Labute approximate surface area is 116 Å². The number of carbonyl (C=O) groups excluding carboxylic acids is 1. The number of allylic oxidation sites excluding steroid dienone is 2. The summed E-state index contributed by atoms with van der Waals surface area (Å²) in [5, 5.41) is 19.8. The van der Waals surface area contributed by atoms with Gasteiger partial charge in [-0.05, 0) is 16.5 Å². The molecule has 1 aliphatic rings. The van der Waals surface area contributed by atoms with Gasteiger partial charge < -0.3 is 0 Å².